The fourth-order valence-corrected chi connectivity index (χ4v) is 2.05. The highest BCUT2D eigenvalue weighted by atomic mass is 16.3. The van der Waals surface area contributed by atoms with Crippen LogP contribution in [-0.2, 0) is 0 Å². The SMILES string of the molecule is CCCC(O)CNc1nc2ccccc2cc1C. The Hall–Kier alpha value is -1.61. The normalized spacial score (nSPS) is 12.6. The lowest BCUT2D eigenvalue weighted by atomic mass is 10.1. The third-order valence-electron chi connectivity index (χ3n) is 3.04. The van der Waals surface area contributed by atoms with Crippen LogP contribution in [0.4, 0.5) is 5.82 Å². The largest absolute Gasteiger partial charge is 0.391 e. The van der Waals surface area contributed by atoms with Crippen molar-refractivity contribution < 1.29 is 5.11 Å². The maximum absolute atomic E-state index is 9.72. The summed E-state index contributed by atoms with van der Waals surface area (Å²) in [6.07, 6.45) is 1.51. The van der Waals surface area contributed by atoms with Gasteiger partial charge in [0, 0.05) is 11.9 Å². The quantitative estimate of drug-likeness (QED) is 0.849. The van der Waals surface area contributed by atoms with Crippen molar-refractivity contribution in [3.05, 3.63) is 35.9 Å². The molecule has 0 radical (unpaired) electrons. The van der Waals surface area contributed by atoms with E-state index in [0.29, 0.717) is 6.54 Å². The van der Waals surface area contributed by atoms with E-state index in [2.05, 4.69) is 29.4 Å². The van der Waals surface area contributed by atoms with Crippen molar-refractivity contribution >= 4 is 16.7 Å². The zero-order valence-corrected chi connectivity index (χ0v) is 11.0. The zero-order chi connectivity index (χ0) is 13.0. The van der Waals surface area contributed by atoms with E-state index in [0.717, 1.165) is 35.1 Å². The summed E-state index contributed by atoms with van der Waals surface area (Å²) in [6, 6.07) is 10.2. The molecule has 0 saturated heterocycles. The molecule has 1 atom stereocenters. The molecule has 0 fully saturated rings. The molecule has 1 aromatic heterocycles. The van der Waals surface area contributed by atoms with Gasteiger partial charge >= 0.3 is 0 Å². The van der Waals surface area contributed by atoms with Gasteiger partial charge in [0.05, 0.1) is 11.6 Å². The summed E-state index contributed by atoms with van der Waals surface area (Å²) in [6.45, 7) is 4.66. The minimum atomic E-state index is -0.303. The van der Waals surface area contributed by atoms with Gasteiger partial charge in [0.15, 0.2) is 0 Å². The topological polar surface area (TPSA) is 45.1 Å². The van der Waals surface area contributed by atoms with Crippen LogP contribution in [0, 0.1) is 6.92 Å². The first-order chi connectivity index (χ1) is 8.70. The Labute approximate surface area is 108 Å². The lowest BCUT2D eigenvalue weighted by Gasteiger charge is -2.13. The number of aryl methyl sites for hydroxylation is 1. The van der Waals surface area contributed by atoms with Gasteiger partial charge in [-0.15, -0.1) is 0 Å². The van der Waals surface area contributed by atoms with Crippen molar-refractivity contribution in [2.45, 2.75) is 32.8 Å². The number of benzene rings is 1. The van der Waals surface area contributed by atoms with Crippen LogP contribution in [0.5, 0.6) is 0 Å². The molecule has 0 aliphatic heterocycles. The summed E-state index contributed by atoms with van der Waals surface area (Å²) < 4.78 is 0. The highest BCUT2D eigenvalue weighted by Crippen LogP contribution is 2.19. The molecule has 0 aliphatic carbocycles. The maximum Gasteiger partial charge on any atom is 0.129 e. The molecule has 96 valence electrons. The molecule has 0 amide bonds. The van der Waals surface area contributed by atoms with Crippen molar-refractivity contribution in [3.63, 3.8) is 0 Å². The molecule has 0 saturated carbocycles. The summed E-state index contributed by atoms with van der Waals surface area (Å²) in [5.41, 5.74) is 2.09. The van der Waals surface area contributed by atoms with E-state index in [1.54, 1.807) is 0 Å². The Morgan fingerprint density at radius 2 is 2.11 bits per heavy atom. The van der Waals surface area contributed by atoms with Crippen LogP contribution in [0.1, 0.15) is 25.3 Å². The van der Waals surface area contributed by atoms with E-state index in [9.17, 15) is 5.11 Å². The second-order valence-electron chi connectivity index (χ2n) is 4.67. The summed E-state index contributed by atoms with van der Waals surface area (Å²) in [7, 11) is 0. The number of aliphatic hydroxyl groups excluding tert-OH is 1. The van der Waals surface area contributed by atoms with Crippen LogP contribution in [0.3, 0.4) is 0 Å². The van der Waals surface area contributed by atoms with E-state index in [1.165, 1.54) is 0 Å². The number of hydrogen-bond donors (Lipinski definition) is 2. The standard InChI is InChI=1S/C15H20N2O/c1-3-6-13(18)10-16-15-11(2)9-12-7-4-5-8-14(12)17-15/h4-5,7-9,13,18H,3,6,10H2,1-2H3,(H,16,17). The highest BCUT2D eigenvalue weighted by Gasteiger charge is 2.06. The number of aliphatic hydroxyl groups is 1. The molecule has 2 rings (SSSR count). The van der Waals surface area contributed by atoms with Crippen molar-refractivity contribution in [1.82, 2.24) is 4.98 Å². The number of aromatic nitrogens is 1. The van der Waals surface area contributed by atoms with Crippen molar-refractivity contribution in [2.24, 2.45) is 0 Å². The molecule has 0 bridgehead atoms. The molecule has 1 aromatic carbocycles. The van der Waals surface area contributed by atoms with Gasteiger partial charge in [-0.25, -0.2) is 4.98 Å². The van der Waals surface area contributed by atoms with Crippen LogP contribution in [-0.4, -0.2) is 22.7 Å². The molecule has 0 spiro atoms. The Balaban J connectivity index is 2.15. The van der Waals surface area contributed by atoms with Crippen LogP contribution < -0.4 is 5.32 Å². The summed E-state index contributed by atoms with van der Waals surface area (Å²) >= 11 is 0. The molecular weight excluding hydrogens is 224 g/mol. The van der Waals surface area contributed by atoms with Gasteiger partial charge in [0.1, 0.15) is 5.82 Å². The maximum atomic E-state index is 9.72. The molecule has 1 unspecified atom stereocenters. The monoisotopic (exact) mass is 244 g/mol. The number of pyridine rings is 1. The number of rotatable bonds is 5. The lowest BCUT2D eigenvalue weighted by molar-refractivity contribution is 0.176. The van der Waals surface area contributed by atoms with Gasteiger partial charge < -0.3 is 10.4 Å². The number of para-hydroxylation sites is 1. The van der Waals surface area contributed by atoms with Gasteiger partial charge in [-0.2, -0.15) is 0 Å². The minimum Gasteiger partial charge on any atom is -0.391 e. The van der Waals surface area contributed by atoms with E-state index >= 15 is 0 Å². The second kappa shape index (κ2) is 5.83. The van der Waals surface area contributed by atoms with Crippen LogP contribution in [0.2, 0.25) is 0 Å². The molecule has 3 heteroatoms. The number of hydrogen-bond acceptors (Lipinski definition) is 3. The van der Waals surface area contributed by atoms with Gasteiger partial charge in [-0.05, 0) is 31.0 Å². The molecule has 1 heterocycles. The lowest BCUT2D eigenvalue weighted by Crippen LogP contribution is -2.20. The van der Waals surface area contributed by atoms with Gasteiger partial charge in [-0.1, -0.05) is 31.5 Å². The minimum absolute atomic E-state index is 0.303. The van der Waals surface area contributed by atoms with Crippen LogP contribution in [0.15, 0.2) is 30.3 Å². The average Bonchev–Trinajstić information content (AvgIpc) is 2.36. The summed E-state index contributed by atoms with van der Waals surface area (Å²) in [4.78, 5) is 4.58. The Kier molecular flexibility index (Phi) is 4.15. The Morgan fingerprint density at radius 3 is 2.89 bits per heavy atom. The van der Waals surface area contributed by atoms with Gasteiger partial charge in [0.25, 0.3) is 0 Å². The molecule has 18 heavy (non-hydrogen) atoms. The number of anilines is 1. The van der Waals surface area contributed by atoms with Crippen molar-refractivity contribution in [1.29, 1.82) is 0 Å². The van der Waals surface area contributed by atoms with Crippen molar-refractivity contribution in [2.75, 3.05) is 11.9 Å². The average molecular weight is 244 g/mol. The van der Waals surface area contributed by atoms with Crippen LogP contribution >= 0.6 is 0 Å². The molecule has 2 aromatic rings. The first-order valence-corrected chi connectivity index (χ1v) is 6.49. The Morgan fingerprint density at radius 1 is 1.33 bits per heavy atom. The predicted molar refractivity (Wildman–Crippen MR) is 75.9 cm³/mol. The van der Waals surface area contributed by atoms with Crippen LogP contribution in [0.25, 0.3) is 10.9 Å². The van der Waals surface area contributed by atoms with E-state index in [-0.39, 0.29) is 6.10 Å². The fourth-order valence-electron chi connectivity index (χ4n) is 2.05. The first-order valence-electron chi connectivity index (χ1n) is 6.49. The van der Waals surface area contributed by atoms with E-state index < -0.39 is 0 Å². The predicted octanol–water partition coefficient (Wildman–Crippen LogP) is 3.12. The summed E-state index contributed by atoms with van der Waals surface area (Å²) in [5, 5.41) is 14.1. The Bertz CT molecular complexity index is 525. The second-order valence-corrected chi connectivity index (χ2v) is 4.67. The number of fused-ring (bicyclic) bond motifs is 1. The molecule has 3 nitrogen and oxygen atoms in total. The third kappa shape index (κ3) is 2.99. The highest BCUT2D eigenvalue weighted by molar-refractivity contribution is 5.81. The molecule has 2 N–H and O–H groups in total. The number of nitrogens with one attached hydrogen (secondary N) is 1. The smallest absolute Gasteiger partial charge is 0.129 e. The third-order valence-corrected chi connectivity index (χ3v) is 3.04. The zero-order valence-electron chi connectivity index (χ0n) is 11.0. The van der Waals surface area contributed by atoms with Gasteiger partial charge in [0.2, 0.25) is 0 Å². The van der Waals surface area contributed by atoms with E-state index in [4.69, 9.17) is 0 Å². The van der Waals surface area contributed by atoms with Gasteiger partial charge in [-0.3, -0.25) is 0 Å². The molecule has 0 aliphatic rings. The number of nitrogens with zero attached hydrogens (tertiary/aromatic N) is 1. The van der Waals surface area contributed by atoms with E-state index in [1.807, 2.05) is 25.1 Å². The van der Waals surface area contributed by atoms with Crippen molar-refractivity contribution in [3.8, 4) is 0 Å². The summed E-state index contributed by atoms with van der Waals surface area (Å²) in [5.74, 6) is 0.865. The fraction of sp³-hybridized carbons (Fsp3) is 0.400. The first kappa shape index (κ1) is 12.8. The molecular formula is C15H20N2O.